The van der Waals surface area contributed by atoms with E-state index in [4.69, 9.17) is 27.9 Å². The molecule has 0 radical (unpaired) electrons. The molecule has 1 aromatic rings. The average Bonchev–Trinajstić information content (AvgIpc) is 3.02. The van der Waals surface area contributed by atoms with Crippen LogP contribution in [0.25, 0.3) is 0 Å². The van der Waals surface area contributed by atoms with Crippen LogP contribution in [0.2, 0.25) is 10.0 Å². The number of aliphatic hydroxyl groups is 1. The van der Waals surface area contributed by atoms with E-state index in [1.165, 1.54) is 19.3 Å². The molecule has 0 spiro atoms. The molecule has 4 atom stereocenters. The van der Waals surface area contributed by atoms with Crippen molar-refractivity contribution in [2.75, 3.05) is 7.11 Å². The fraction of sp³-hybridized carbons (Fsp3) is 0.600. The lowest BCUT2D eigenvalue weighted by molar-refractivity contribution is 0.0746. The lowest BCUT2D eigenvalue weighted by atomic mass is 9.82. The summed E-state index contributed by atoms with van der Waals surface area (Å²) >= 11 is 12.4. The van der Waals surface area contributed by atoms with Gasteiger partial charge in [-0.1, -0.05) is 29.6 Å². The minimum atomic E-state index is -0.508. The topological polar surface area (TPSA) is 29.5 Å². The number of hydrogen-bond donors (Lipinski definition) is 1. The smallest absolute Gasteiger partial charge is 0.138 e. The molecule has 104 valence electrons. The van der Waals surface area contributed by atoms with E-state index in [0.717, 1.165) is 17.9 Å². The van der Waals surface area contributed by atoms with Gasteiger partial charge in [0.15, 0.2) is 0 Å². The summed E-state index contributed by atoms with van der Waals surface area (Å²) in [6.07, 6.45) is 4.44. The van der Waals surface area contributed by atoms with Gasteiger partial charge in [-0.3, -0.25) is 0 Å². The van der Waals surface area contributed by atoms with E-state index in [2.05, 4.69) is 0 Å². The van der Waals surface area contributed by atoms with Crippen molar-refractivity contribution in [2.24, 2.45) is 17.8 Å². The normalized spacial score (nSPS) is 30.6. The summed E-state index contributed by atoms with van der Waals surface area (Å²) in [6, 6.07) is 3.44. The molecule has 0 amide bonds. The van der Waals surface area contributed by atoms with Gasteiger partial charge in [0.05, 0.1) is 23.3 Å². The zero-order valence-corrected chi connectivity index (χ0v) is 12.4. The van der Waals surface area contributed by atoms with Crippen molar-refractivity contribution in [3.05, 3.63) is 27.7 Å². The molecule has 4 unspecified atom stereocenters. The van der Waals surface area contributed by atoms with E-state index < -0.39 is 6.10 Å². The van der Waals surface area contributed by atoms with E-state index in [9.17, 15) is 5.11 Å². The quantitative estimate of drug-likeness (QED) is 0.892. The second-order valence-corrected chi connectivity index (χ2v) is 6.61. The minimum absolute atomic E-state index is 0.334. The summed E-state index contributed by atoms with van der Waals surface area (Å²) in [5.74, 6) is 2.34. The van der Waals surface area contributed by atoms with Crippen molar-refractivity contribution in [3.8, 4) is 5.75 Å². The van der Waals surface area contributed by atoms with E-state index in [-0.39, 0.29) is 0 Å². The van der Waals surface area contributed by atoms with Crippen LogP contribution in [0.4, 0.5) is 0 Å². The predicted octanol–water partition coefficient (Wildman–Crippen LogP) is 4.47. The second-order valence-electron chi connectivity index (χ2n) is 5.79. The van der Waals surface area contributed by atoms with Gasteiger partial charge in [-0.05, 0) is 43.1 Å². The Morgan fingerprint density at radius 1 is 1.21 bits per heavy atom. The first kappa shape index (κ1) is 13.5. The van der Waals surface area contributed by atoms with Crippen LogP contribution in [0.15, 0.2) is 12.1 Å². The van der Waals surface area contributed by atoms with Gasteiger partial charge in [0.1, 0.15) is 5.75 Å². The van der Waals surface area contributed by atoms with Gasteiger partial charge in [0, 0.05) is 11.6 Å². The summed E-state index contributed by atoms with van der Waals surface area (Å²) in [5.41, 5.74) is 0.741. The molecule has 4 heteroatoms. The Morgan fingerprint density at radius 2 is 2.00 bits per heavy atom. The highest BCUT2D eigenvalue weighted by Gasteiger charge is 2.43. The molecule has 3 rings (SSSR count). The van der Waals surface area contributed by atoms with Crippen LogP contribution in [0.3, 0.4) is 0 Å². The Labute approximate surface area is 123 Å². The highest BCUT2D eigenvalue weighted by molar-refractivity contribution is 6.34. The van der Waals surface area contributed by atoms with Crippen LogP contribution in [-0.4, -0.2) is 12.2 Å². The molecule has 0 saturated heterocycles. The Hall–Kier alpha value is -0.440. The zero-order chi connectivity index (χ0) is 13.6. The molecular weight excluding hydrogens is 283 g/mol. The number of rotatable bonds is 3. The average molecular weight is 301 g/mol. The monoisotopic (exact) mass is 300 g/mol. The number of benzene rings is 1. The SMILES string of the molecule is COc1cc(Cl)c(C(O)C2CC3CCC2C3)cc1Cl. The van der Waals surface area contributed by atoms with Gasteiger partial charge >= 0.3 is 0 Å². The number of aliphatic hydroxyl groups excluding tert-OH is 1. The Kier molecular flexibility index (Phi) is 3.67. The lowest BCUT2D eigenvalue weighted by Crippen LogP contribution is -2.19. The van der Waals surface area contributed by atoms with E-state index >= 15 is 0 Å². The fourth-order valence-electron chi connectivity index (χ4n) is 3.84. The molecule has 2 nitrogen and oxygen atoms in total. The van der Waals surface area contributed by atoms with Crippen molar-refractivity contribution < 1.29 is 9.84 Å². The van der Waals surface area contributed by atoms with Crippen molar-refractivity contribution in [1.29, 1.82) is 0 Å². The first-order valence-electron chi connectivity index (χ1n) is 6.81. The molecular formula is C15H18Cl2O2. The Bertz CT molecular complexity index is 489. The van der Waals surface area contributed by atoms with Gasteiger partial charge in [0.2, 0.25) is 0 Å². The third-order valence-electron chi connectivity index (χ3n) is 4.79. The molecule has 0 aliphatic heterocycles. The van der Waals surface area contributed by atoms with E-state index in [1.807, 2.05) is 0 Å². The lowest BCUT2D eigenvalue weighted by Gasteiger charge is -2.27. The van der Waals surface area contributed by atoms with Crippen LogP contribution in [0.5, 0.6) is 5.75 Å². The van der Waals surface area contributed by atoms with Gasteiger partial charge in [0.25, 0.3) is 0 Å². The van der Waals surface area contributed by atoms with Gasteiger partial charge in [-0.25, -0.2) is 0 Å². The predicted molar refractivity (Wildman–Crippen MR) is 76.9 cm³/mol. The third kappa shape index (κ3) is 2.35. The molecule has 1 aromatic carbocycles. The summed E-state index contributed by atoms with van der Waals surface area (Å²) in [5, 5.41) is 11.7. The maximum Gasteiger partial charge on any atom is 0.138 e. The number of methoxy groups -OCH3 is 1. The number of fused-ring (bicyclic) bond motifs is 2. The van der Waals surface area contributed by atoms with Gasteiger partial charge < -0.3 is 9.84 Å². The maximum atomic E-state index is 10.6. The standard InChI is InChI=1S/C15H18Cl2O2/c1-19-14-7-12(16)11(6-13(14)17)15(18)10-5-8-2-3-9(10)4-8/h6-10,15,18H,2-5H2,1H3. The summed E-state index contributed by atoms with van der Waals surface area (Å²) in [4.78, 5) is 0. The van der Waals surface area contributed by atoms with Crippen molar-refractivity contribution in [2.45, 2.75) is 31.8 Å². The molecule has 2 fully saturated rings. The van der Waals surface area contributed by atoms with Crippen LogP contribution in [0.1, 0.15) is 37.4 Å². The Morgan fingerprint density at radius 3 is 2.58 bits per heavy atom. The molecule has 2 saturated carbocycles. The van der Waals surface area contributed by atoms with Crippen molar-refractivity contribution >= 4 is 23.2 Å². The second kappa shape index (κ2) is 5.16. The van der Waals surface area contributed by atoms with E-state index in [1.54, 1.807) is 19.2 Å². The largest absolute Gasteiger partial charge is 0.495 e. The molecule has 19 heavy (non-hydrogen) atoms. The minimum Gasteiger partial charge on any atom is -0.495 e. The third-order valence-corrected chi connectivity index (χ3v) is 5.41. The molecule has 2 aliphatic carbocycles. The fourth-order valence-corrected chi connectivity index (χ4v) is 4.35. The van der Waals surface area contributed by atoms with Crippen molar-refractivity contribution in [3.63, 3.8) is 0 Å². The highest BCUT2D eigenvalue weighted by Crippen LogP contribution is 2.53. The van der Waals surface area contributed by atoms with Gasteiger partial charge in [-0.2, -0.15) is 0 Å². The molecule has 2 aliphatic rings. The van der Waals surface area contributed by atoms with Crippen LogP contribution >= 0.6 is 23.2 Å². The van der Waals surface area contributed by atoms with Crippen LogP contribution < -0.4 is 4.74 Å². The summed E-state index contributed by atoms with van der Waals surface area (Å²) in [7, 11) is 1.56. The highest BCUT2D eigenvalue weighted by atomic mass is 35.5. The van der Waals surface area contributed by atoms with Crippen LogP contribution in [-0.2, 0) is 0 Å². The van der Waals surface area contributed by atoms with Crippen molar-refractivity contribution in [1.82, 2.24) is 0 Å². The Balaban J connectivity index is 1.87. The molecule has 0 aromatic heterocycles. The van der Waals surface area contributed by atoms with Crippen LogP contribution in [0, 0.1) is 17.8 Å². The van der Waals surface area contributed by atoms with E-state index in [0.29, 0.717) is 27.6 Å². The zero-order valence-electron chi connectivity index (χ0n) is 10.9. The van der Waals surface area contributed by atoms with Gasteiger partial charge in [-0.15, -0.1) is 0 Å². The number of halogens is 2. The first-order valence-corrected chi connectivity index (χ1v) is 7.56. The number of hydrogen-bond acceptors (Lipinski definition) is 2. The molecule has 2 bridgehead atoms. The maximum absolute atomic E-state index is 10.6. The summed E-state index contributed by atoms with van der Waals surface area (Å²) in [6.45, 7) is 0. The first-order chi connectivity index (χ1) is 9.10. The number of ether oxygens (including phenoxy) is 1. The molecule has 1 N–H and O–H groups in total. The summed E-state index contributed by atoms with van der Waals surface area (Å²) < 4.78 is 5.14. The molecule has 0 heterocycles.